The summed E-state index contributed by atoms with van der Waals surface area (Å²) in [5, 5.41) is 8.88. The Labute approximate surface area is 201 Å². The Morgan fingerprint density at radius 2 is 2.09 bits per heavy atom. The van der Waals surface area contributed by atoms with Crippen LogP contribution < -0.4 is 0 Å². The topological polar surface area (TPSA) is 73.9 Å². The summed E-state index contributed by atoms with van der Waals surface area (Å²) in [4.78, 5) is 12.2. The van der Waals surface area contributed by atoms with Gasteiger partial charge in [-0.1, -0.05) is 6.07 Å². The van der Waals surface area contributed by atoms with Gasteiger partial charge in [0.1, 0.15) is 18.3 Å². The Hall–Kier alpha value is -2.95. The van der Waals surface area contributed by atoms with Crippen molar-refractivity contribution in [3.8, 4) is 5.82 Å². The highest BCUT2D eigenvalue weighted by Gasteiger charge is 2.42. The first-order chi connectivity index (χ1) is 16.6. The molecule has 4 aromatic rings. The molecule has 0 bridgehead atoms. The fourth-order valence-electron chi connectivity index (χ4n) is 5.08. The fourth-order valence-corrected chi connectivity index (χ4v) is 6.22. The largest absolute Gasteiger partial charge is 0.369 e. The molecule has 2 aliphatic heterocycles. The van der Waals surface area contributed by atoms with Crippen molar-refractivity contribution in [3.05, 3.63) is 75.6 Å². The number of aryl methyl sites for hydroxylation is 1. The van der Waals surface area contributed by atoms with Gasteiger partial charge in [-0.25, -0.2) is 19.3 Å². The monoisotopic (exact) mass is 479 g/mol. The minimum atomic E-state index is -0.317. The van der Waals surface area contributed by atoms with E-state index in [2.05, 4.69) is 26.2 Å². The number of hydrogen-bond donors (Lipinski definition) is 0. The maximum atomic E-state index is 13.9. The maximum Gasteiger partial charge on any atom is 0.177 e. The lowest BCUT2D eigenvalue weighted by Gasteiger charge is -2.43. The van der Waals surface area contributed by atoms with Gasteiger partial charge in [0.25, 0.3) is 0 Å². The molecule has 0 unspecified atom stereocenters. The molecule has 1 saturated heterocycles. The van der Waals surface area contributed by atoms with Crippen molar-refractivity contribution in [2.75, 3.05) is 19.7 Å². The number of rotatable bonds is 5. The van der Waals surface area contributed by atoms with Crippen molar-refractivity contribution in [2.24, 2.45) is 0 Å². The minimum Gasteiger partial charge on any atom is -0.369 e. The summed E-state index contributed by atoms with van der Waals surface area (Å²) < 4.78 is 23.9. The molecule has 176 valence electrons. The Morgan fingerprint density at radius 3 is 2.91 bits per heavy atom. The summed E-state index contributed by atoms with van der Waals surface area (Å²) in [7, 11) is 0. The first-order valence-electron chi connectivity index (χ1n) is 11.6. The van der Waals surface area contributed by atoms with Crippen molar-refractivity contribution in [1.29, 1.82) is 0 Å². The standard InChI is InChI=1S/C24H26FN7OS/c1-17-20(14-32(29-17)23-19(3-2-7-27-23)13-31-16-26-15-28-31)12-30-8-5-24(6-9-30)22-18(4-10-33-24)11-21(25)34-22/h2-3,7,11,14-16H,4-6,8-10,12-13H2,1H3. The van der Waals surface area contributed by atoms with E-state index >= 15 is 0 Å². The van der Waals surface area contributed by atoms with Crippen LogP contribution in [0.1, 0.15) is 40.1 Å². The number of piperidine rings is 1. The Balaban J connectivity index is 1.17. The first-order valence-corrected chi connectivity index (χ1v) is 12.4. The molecule has 1 spiro atoms. The van der Waals surface area contributed by atoms with Crippen LogP contribution in [0.2, 0.25) is 0 Å². The molecule has 0 atom stereocenters. The number of pyridine rings is 1. The molecule has 8 nitrogen and oxygen atoms in total. The molecule has 0 aliphatic carbocycles. The molecule has 6 rings (SSSR count). The molecular formula is C24H26FN7OS. The van der Waals surface area contributed by atoms with Crippen LogP contribution in [-0.2, 0) is 29.8 Å². The fraction of sp³-hybridized carbons (Fsp3) is 0.417. The number of fused-ring (bicyclic) bond motifs is 2. The molecule has 0 N–H and O–H groups in total. The zero-order valence-electron chi connectivity index (χ0n) is 19.0. The molecule has 34 heavy (non-hydrogen) atoms. The molecule has 4 aromatic heterocycles. The summed E-state index contributed by atoms with van der Waals surface area (Å²) in [6, 6.07) is 5.66. The van der Waals surface area contributed by atoms with E-state index in [0.29, 0.717) is 13.2 Å². The van der Waals surface area contributed by atoms with Gasteiger partial charge in [0, 0.05) is 48.0 Å². The van der Waals surface area contributed by atoms with E-state index in [-0.39, 0.29) is 10.7 Å². The van der Waals surface area contributed by atoms with Gasteiger partial charge in [-0.15, -0.1) is 11.3 Å². The van der Waals surface area contributed by atoms with Gasteiger partial charge < -0.3 is 4.74 Å². The van der Waals surface area contributed by atoms with Crippen molar-refractivity contribution in [1.82, 2.24) is 34.4 Å². The molecule has 0 amide bonds. The number of halogens is 1. The lowest BCUT2D eigenvalue weighted by atomic mass is 9.85. The van der Waals surface area contributed by atoms with Gasteiger partial charge in [-0.3, -0.25) is 4.90 Å². The maximum absolute atomic E-state index is 13.9. The highest BCUT2D eigenvalue weighted by atomic mass is 32.1. The average molecular weight is 480 g/mol. The normalized spacial score (nSPS) is 17.8. The number of hydrogen-bond acceptors (Lipinski definition) is 7. The molecular weight excluding hydrogens is 453 g/mol. The predicted octanol–water partition coefficient (Wildman–Crippen LogP) is 3.48. The van der Waals surface area contributed by atoms with Gasteiger partial charge >= 0.3 is 0 Å². The van der Waals surface area contributed by atoms with Crippen LogP contribution in [0.15, 0.2) is 43.2 Å². The number of likely N-dealkylation sites (tertiary alicyclic amines) is 1. The summed E-state index contributed by atoms with van der Waals surface area (Å²) in [6.45, 7) is 5.93. The van der Waals surface area contributed by atoms with Crippen LogP contribution in [0.3, 0.4) is 0 Å². The smallest absolute Gasteiger partial charge is 0.177 e. The second-order valence-corrected chi connectivity index (χ2v) is 10.0. The van der Waals surface area contributed by atoms with E-state index in [1.165, 1.54) is 23.2 Å². The third kappa shape index (κ3) is 3.95. The van der Waals surface area contributed by atoms with Gasteiger partial charge in [0.2, 0.25) is 0 Å². The second-order valence-electron chi connectivity index (χ2n) is 9.04. The van der Waals surface area contributed by atoms with E-state index in [0.717, 1.165) is 66.4 Å². The summed E-state index contributed by atoms with van der Waals surface area (Å²) in [6.07, 6.45) is 9.67. The third-order valence-electron chi connectivity index (χ3n) is 6.88. The van der Waals surface area contributed by atoms with Crippen LogP contribution >= 0.6 is 11.3 Å². The van der Waals surface area contributed by atoms with E-state index in [4.69, 9.17) is 9.84 Å². The number of nitrogens with zero attached hydrogens (tertiary/aromatic N) is 7. The average Bonchev–Trinajstić information content (AvgIpc) is 3.57. The number of ether oxygens (including phenoxy) is 1. The van der Waals surface area contributed by atoms with E-state index in [9.17, 15) is 4.39 Å². The molecule has 6 heterocycles. The van der Waals surface area contributed by atoms with Crippen LogP contribution in [0.5, 0.6) is 0 Å². The molecule has 2 aliphatic rings. The zero-order valence-corrected chi connectivity index (χ0v) is 19.8. The van der Waals surface area contributed by atoms with Gasteiger partial charge in [-0.2, -0.15) is 14.6 Å². The number of aromatic nitrogens is 6. The molecule has 0 aromatic carbocycles. The minimum absolute atomic E-state index is 0.0990. The van der Waals surface area contributed by atoms with Crippen LogP contribution in [0.4, 0.5) is 4.39 Å². The SMILES string of the molecule is Cc1nn(-c2ncccc2Cn2cncn2)cc1CN1CCC2(CC1)OCCc1cc(F)sc12. The molecule has 0 saturated carbocycles. The quantitative estimate of drug-likeness (QED) is 0.436. The highest BCUT2D eigenvalue weighted by molar-refractivity contribution is 7.10. The van der Waals surface area contributed by atoms with Crippen molar-refractivity contribution in [3.63, 3.8) is 0 Å². The van der Waals surface area contributed by atoms with Crippen LogP contribution in [0, 0.1) is 12.1 Å². The van der Waals surface area contributed by atoms with Gasteiger partial charge in [-0.05, 0) is 43.9 Å². The lowest BCUT2D eigenvalue weighted by molar-refractivity contribution is -0.0960. The van der Waals surface area contributed by atoms with Crippen molar-refractivity contribution in [2.45, 2.75) is 44.9 Å². The third-order valence-corrected chi connectivity index (χ3v) is 8.04. The van der Waals surface area contributed by atoms with E-state index in [1.54, 1.807) is 23.3 Å². The lowest BCUT2D eigenvalue weighted by Crippen LogP contribution is -2.45. The van der Waals surface area contributed by atoms with E-state index < -0.39 is 0 Å². The van der Waals surface area contributed by atoms with Crippen molar-refractivity contribution < 1.29 is 9.13 Å². The van der Waals surface area contributed by atoms with Crippen molar-refractivity contribution >= 4 is 11.3 Å². The van der Waals surface area contributed by atoms with E-state index in [1.807, 2.05) is 23.7 Å². The van der Waals surface area contributed by atoms with Crippen LogP contribution in [-0.4, -0.2) is 54.1 Å². The molecule has 10 heteroatoms. The second kappa shape index (κ2) is 8.68. The Morgan fingerprint density at radius 1 is 1.21 bits per heavy atom. The van der Waals surface area contributed by atoms with Crippen LogP contribution in [0.25, 0.3) is 5.82 Å². The highest BCUT2D eigenvalue weighted by Crippen LogP contribution is 2.45. The Bertz CT molecular complexity index is 1290. The predicted molar refractivity (Wildman–Crippen MR) is 125 cm³/mol. The zero-order chi connectivity index (χ0) is 23.1. The summed E-state index contributed by atoms with van der Waals surface area (Å²) >= 11 is 1.27. The molecule has 0 radical (unpaired) electrons. The summed E-state index contributed by atoms with van der Waals surface area (Å²) in [5.41, 5.74) is 4.02. The van der Waals surface area contributed by atoms with Gasteiger partial charge in [0.05, 0.1) is 18.8 Å². The molecule has 1 fully saturated rings. The first kappa shape index (κ1) is 21.6. The summed E-state index contributed by atoms with van der Waals surface area (Å²) in [5.74, 6) is 0.799. The van der Waals surface area contributed by atoms with Gasteiger partial charge in [0.15, 0.2) is 10.9 Å². The number of thiophene rings is 1. The Kier molecular flexibility index (Phi) is 5.51.